The summed E-state index contributed by atoms with van der Waals surface area (Å²) in [6, 6.07) is 8.65. The van der Waals surface area contributed by atoms with E-state index in [1.807, 2.05) is 18.2 Å². The van der Waals surface area contributed by atoms with Gasteiger partial charge in [-0.1, -0.05) is 65.9 Å². The molecule has 1 aromatic carbocycles. The van der Waals surface area contributed by atoms with E-state index in [2.05, 4.69) is 82.1 Å². The molecule has 0 bridgehead atoms. The lowest BCUT2D eigenvalue weighted by atomic mass is 9.97. The van der Waals surface area contributed by atoms with Crippen molar-refractivity contribution in [1.82, 2.24) is 25.5 Å². The number of benzene rings is 1. The lowest BCUT2D eigenvalue weighted by Crippen LogP contribution is -2.10. The molecule has 31 heavy (non-hydrogen) atoms. The molecule has 0 spiro atoms. The molecule has 6 nitrogen and oxygen atoms in total. The molecule has 1 aliphatic rings. The van der Waals surface area contributed by atoms with Crippen LogP contribution in [0.5, 0.6) is 0 Å². The highest BCUT2D eigenvalue weighted by atomic mass is 16.1. The van der Waals surface area contributed by atoms with Crippen molar-refractivity contribution in [1.29, 1.82) is 0 Å². The Morgan fingerprint density at radius 2 is 2.03 bits per heavy atom. The number of hydrogen-bond acceptors (Lipinski definition) is 5. The number of aryl methyl sites for hydroxylation is 1. The zero-order chi connectivity index (χ0) is 21.9. The predicted molar refractivity (Wildman–Crippen MR) is 123 cm³/mol. The minimum absolute atomic E-state index is 0.119. The fraction of sp³-hybridized carbons (Fsp3) is 0.360. The van der Waals surface area contributed by atoms with Crippen LogP contribution in [0.2, 0.25) is 0 Å². The van der Waals surface area contributed by atoms with E-state index in [9.17, 15) is 4.79 Å². The lowest BCUT2D eigenvalue weighted by Gasteiger charge is -2.10. The number of nitrogens with zero attached hydrogens (tertiary/aromatic N) is 4. The van der Waals surface area contributed by atoms with Crippen LogP contribution in [0.4, 0.5) is 0 Å². The highest BCUT2D eigenvalue weighted by Gasteiger charge is 2.20. The largest absolute Gasteiger partial charge is 0.305 e. The molecule has 162 valence electrons. The summed E-state index contributed by atoms with van der Waals surface area (Å²) in [5, 5.41) is 13.9. The quantitative estimate of drug-likeness (QED) is 0.340. The second kappa shape index (κ2) is 11.9. The topological polar surface area (TPSA) is 74.8 Å². The van der Waals surface area contributed by atoms with E-state index >= 15 is 0 Å². The van der Waals surface area contributed by atoms with Gasteiger partial charge in [0.2, 0.25) is 0 Å². The first-order valence-electron chi connectivity index (χ1n) is 10.8. The number of tetrazole rings is 1. The van der Waals surface area contributed by atoms with Crippen molar-refractivity contribution in [3.63, 3.8) is 0 Å². The lowest BCUT2D eigenvalue weighted by molar-refractivity contribution is -0.111. The molecule has 1 heterocycles. The van der Waals surface area contributed by atoms with Gasteiger partial charge in [0.15, 0.2) is 11.6 Å². The summed E-state index contributed by atoms with van der Waals surface area (Å²) >= 11 is 0. The summed E-state index contributed by atoms with van der Waals surface area (Å²) in [5.41, 5.74) is 3.47. The third-order valence-electron chi connectivity index (χ3n) is 5.14. The molecule has 1 aliphatic carbocycles. The van der Waals surface area contributed by atoms with Gasteiger partial charge in [-0.15, -0.1) is 10.2 Å². The van der Waals surface area contributed by atoms with E-state index in [0.717, 1.165) is 50.0 Å². The van der Waals surface area contributed by atoms with E-state index in [4.69, 9.17) is 0 Å². The fourth-order valence-electron chi connectivity index (χ4n) is 3.62. The Labute approximate surface area is 184 Å². The van der Waals surface area contributed by atoms with E-state index in [1.54, 1.807) is 6.08 Å². The monoisotopic (exact) mass is 417 g/mol. The number of aromatic nitrogens is 4. The summed E-state index contributed by atoms with van der Waals surface area (Å²) < 4.78 is 0. The van der Waals surface area contributed by atoms with Crippen molar-refractivity contribution in [3.05, 3.63) is 89.3 Å². The number of carbonyl (C=O) groups is 1. The number of ketones is 1. The Kier molecular flexibility index (Phi) is 8.67. The summed E-state index contributed by atoms with van der Waals surface area (Å²) in [5.74, 6) is 1.03. The maximum atomic E-state index is 12.2. The van der Waals surface area contributed by atoms with Crippen molar-refractivity contribution in [2.24, 2.45) is 5.92 Å². The number of nitrogens with one attached hydrogen (secondary N) is 1. The van der Waals surface area contributed by atoms with Gasteiger partial charge < -0.3 is 4.90 Å². The van der Waals surface area contributed by atoms with Gasteiger partial charge in [-0.3, -0.25) is 4.79 Å². The number of H-pyrrole nitrogens is 1. The van der Waals surface area contributed by atoms with Gasteiger partial charge in [0.05, 0.1) is 0 Å². The Morgan fingerprint density at radius 3 is 2.84 bits per heavy atom. The van der Waals surface area contributed by atoms with Crippen LogP contribution >= 0.6 is 0 Å². The van der Waals surface area contributed by atoms with Crippen LogP contribution < -0.4 is 0 Å². The zero-order valence-corrected chi connectivity index (χ0v) is 18.4. The molecule has 0 radical (unpaired) electrons. The summed E-state index contributed by atoms with van der Waals surface area (Å²) in [4.78, 5) is 14.4. The van der Waals surface area contributed by atoms with Crippen molar-refractivity contribution < 1.29 is 4.79 Å². The first-order chi connectivity index (χ1) is 15.1. The Bertz CT molecular complexity index is 954. The molecule has 2 aromatic rings. The maximum Gasteiger partial charge on any atom is 0.182 e. The third-order valence-corrected chi connectivity index (χ3v) is 5.14. The van der Waals surface area contributed by atoms with Crippen molar-refractivity contribution >= 4 is 5.78 Å². The van der Waals surface area contributed by atoms with Crippen LogP contribution in [0.25, 0.3) is 0 Å². The first kappa shape index (κ1) is 22.6. The Hall–Kier alpha value is -3.12. The van der Waals surface area contributed by atoms with Gasteiger partial charge in [0.25, 0.3) is 0 Å². The second-order valence-corrected chi connectivity index (χ2v) is 8.07. The van der Waals surface area contributed by atoms with E-state index < -0.39 is 0 Å². The van der Waals surface area contributed by atoms with Crippen LogP contribution in [0.1, 0.15) is 36.2 Å². The molecular weight excluding hydrogens is 386 g/mol. The van der Waals surface area contributed by atoms with Gasteiger partial charge >= 0.3 is 0 Å². The maximum absolute atomic E-state index is 12.2. The number of allylic oxidation sites excluding steroid dienone is 8. The average molecular weight is 418 g/mol. The van der Waals surface area contributed by atoms with E-state index in [1.165, 1.54) is 11.1 Å². The number of carbonyl (C=O) groups excluding carboxylic acids is 1. The van der Waals surface area contributed by atoms with Crippen LogP contribution in [0, 0.1) is 5.92 Å². The van der Waals surface area contributed by atoms with Crippen LogP contribution in [-0.2, 0) is 24.2 Å². The highest BCUT2D eigenvalue weighted by molar-refractivity contribution is 6.07. The summed E-state index contributed by atoms with van der Waals surface area (Å²) in [6.45, 7) is 0.939. The van der Waals surface area contributed by atoms with Gasteiger partial charge in [0.1, 0.15) is 0 Å². The van der Waals surface area contributed by atoms with Crippen molar-refractivity contribution in [3.8, 4) is 0 Å². The molecule has 0 aliphatic heterocycles. The molecule has 0 fully saturated rings. The molecule has 6 heteroatoms. The fourth-order valence-corrected chi connectivity index (χ4v) is 3.62. The Balaban J connectivity index is 1.46. The molecule has 3 rings (SSSR count). The minimum Gasteiger partial charge on any atom is -0.305 e. The molecule has 1 aromatic heterocycles. The van der Waals surface area contributed by atoms with Crippen LogP contribution in [0.15, 0.2) is 72.4 Å². The van der Waals surface area contributed by atoms with Gasteiger partial charge in [0, 0.05) is 24.5 Å². The summed E-state index contributed by atoms with van der Waals surface area (Å²) in [7, 11) is 4.15. The minimum atomic E-state index is 0.119. The number of unbranched alkanes of at least 4 members (excludes halogenated alkanes) is 1. The standard InChI is InChI=1S/C25H31N5O/c1-30(2)19-21-12-9-11-20(18-21)10-7-8-14-23-22(16-17-24(23)31)13-5-3-4-6-15-25-26-28-29-27-25/h3,5,7-9,11-12,14,16-18,22H,4,6,10,13,15,19H2,1-2H3,(H,26,27,28,29)/b5-3-,8-7?,23-14+. The van der Waals surface area contributed by atoms with Crippen molar-refractivity contribution in [2.75, 3.05) is 14.1 Å². The molecular formula is C25H31N5O. The smallest absolute Gasteiger partial charge is 0.182 e. The van der Waals surface area contributed by atoms with E-state index in [0.29, 0.717) is 0 Å². The van der Waals surface area contributed by atoms with Gasteiger partial charge in [-0.05, 0) is 57.0 Å². The van der Waals surface area contributed by atoms with Crippen LogP contribution in [-0.4, -0.2) is 45.4 Å². The first-order valence-corrected chi connectivity index (χ1v) is 10.8. The number of rotatable bonds is 11. The zero-order valence-electron chi connectivity index (χ0n) is 18.4. The summed E-state index contributed by atoms with van der Waals surface area (Å²) in [6.07, 6.45) is 18.6. The van der Waals surface area contributed by atoms with Gasteiger partial charge in [-0.25, -0.2) is 0 Å². The number of hydrogen-bond donors (Lipinski definition) is 1. The third kappa shape index (κ3) is 7.57. The molecule has 0 amide bonds. The normalized spacial score (nSPS) is 17.8. The van der Waals surface area contributed by atoms with Crippen molar-refractivity contribution in [2.45, 2.75) is 38.6 Å². The molecule has 0 saturated carbocycles. The molecule has 1 unspecified atom stereocenters. The Morgan fingerprint density at radius 1 is 1.16 bits per heavy atom. The SMILES string of the molecule is CN(C)Cc1cccc(CC=C/C=C2/C(=O)C=CC2C/C=C\CCCc2nn[nH]n2)c1. The number of aromatic amines is 1. The molecule has 0 saturated heterocycles. The second-order valence-electron chi connectivity index (χ2n) is 8.07. The molecule has 1 N–H and O–H groups in total. The highest BCUT2D eigenvalue weighted by Crippen LogP contribution is 2.25. The van der Waals surface area contributed by atoms with E-state index in [-0.39, 0.29) is 11.7 Å². The molecule has 1 atom stereocenters. The van der Waals surface area contributed by atoms with Crippen LogP contribution in [0.3, 0.4) is 0 Å². The average Bonchev–Trinajstić information content (AvgIpc) is 3.38. The predicted octanol–water partition coefficient (Wildman–Crippen LogP) is 4.01. The van der Waals surface area contributed by atoms with Gasteiger partial charge in [-0.2, -0.15) is 5.21 Å².